The Morgan fingerprint density at radius 2 is 1.86 bits per heavy atom. The SMILES string of the molecule is COC(=O)C(NC(=O)NCC(O)C(=O)O)c1ccccc1. The maximum absolute atomic E-state index is 11.7. The van der Waals surface area contributed by atoms with E-state index in [1.165, 1.54) is 7.11 Å². The van der Waals surface area contributed by atoms with E-state index < -0.39 is 36.7 Å². The topological polar surface area (TPSA) is 125 Å². The highest BCUT2D eigenvalue weighted by atomic mass is 16.5. The van der Waals surface area contributed by atoms with E-state index in [2.05, 4.69) is 15.4 Å². The zero-order valence-electron chi connectivity index (χ0n) is 11.3. The summed E-state index contributed by atoms with van der Waals surface area (Å²) >= 11 is 0. The first-order chi connectivity index (χ1) is 9.95. The lowest BCUT2D eigenvalue weighted by molar-refractivity contribution is -0.146. The van der Waals surface area contributed by atoms with Crippen molar-refractivity contribution in [2.24, 2.45) is 0 Å². The highest BCUT2D eigenvalue weighted by Gasteiger charge is 2.24. The number of hydrogen-bond acceptors (Lipinski definition) is 5. The molecule has 2 atom stereocenters. The van der Waals surface area contributed by atoms with E-state index in [1.807, 2.05) is 0 Å². The van der Waals surface area contributed by atoms with Gasteiger partial charge in [0.15, 0.2) is 12.1 Å². The fourth-order valence-electron chi connectivity index (χ4n) is 1.50. The Labute approximate surface area is 120 Å². The van der Waals surface area contributed by atoms with Crippen LogP contribution < -0.4 is 10.6 Å². The third-order valence-electron chi connectivity index (χ3n) is 2.59. The first-order valence-corrected chi connectivity index (χ1v) is 6.03. The van der Waals surface area contributed by atoms with Gasteiger partial charge in [-0.15, -0.1) is 0 Å². The number of ether oxygens (including phenoxy) is 1. The summed E-state index contributed by atoms with van der Waals surface area (Å²) in [5.74, 6) is -2.13. The minimum absolute atomic E-state index is 0.482. The summed E-state index contributed by atoms with van der Waals surface area (Å²) in [6, 6.07) is 6.58. The van der Waals surface area contributed by atoms with Crippen LogP contribution in [0.2, 0.25) is 0 Å². The minimum Gasteiger partial charge on any atom is -0.479 e. The second-order valence-corrected chi connectivity index (χ2v) is 4.08. The number of carboxylic acid groups (broad SMARTS) is 1. The number of amides is 2. The molecule has 21 heavy (non-hydrogen) atoms. The Kier molecular flexibility index (Phi) is 6.15. The number of aliphatic carboxylic acids is 1. The number of carbonyl (C=O) groups excluding carboxylic acids is 2. The molecular formula is C13H16N2O6. The number of urea groups is 1. The number of aliphatic hydroxyl groups is 1. The third kappa shape index (κ3) is 5.11. The van der Waals surface area contributed by atoms with Crippen LogP contribution >= 0.6 is 0 Å². The lowest BCUT2D eigenvalue weighted by Crippen LogP contribution is -2.45. The van der Waals surface area contributed by atoms with Crippen molar-refractivity contribution in [1.29, 1.82) is 0 Å². The van der Waals surface area contributed by atoms with Gasteiger partial charge in [0, 0.05) is 0 Å². The van der Waals surface area contributed by atoms with Gasteiger partial charge in [-0.1, -0.05) is 30.3 Å². The van der Waals surface area contributed by atoms with E-state index in [4.69, 9.17) is 10.2 Å². The normalized spacial score (nSPS) is 12.9. The Bertz CT molecular complexity index is 505. The van der Waals surface area contributed by atoms with Crippen molar-refractivity contribution in [2.75, 3.05) is 13.7 Å². The Morgan fingerprint density at radius 1 is 1.24 bits per heavy atom. The molecule has 0 aliphatic rings. The van der Waals surface area contributed by atoms with E-state index in [9.17, 15) is 14.4 Å². The Morgan fingerprint density at radius 3 is 2.38 bits per heavy atom. The highest BCUT2D eigenvalue weighted by Crippen LogP contribution is 2.13. The van der Waals surface area contributed by atoms with Crippen molar-refractivity contribution in [3.63, 3.8) is 0 Å². The van der Waals surface area contributed by atoms with Gasteiger partial charge in [0.25, 0.3) is 0 Å². The molecule has 0 saturated carbocycles. The summed E-state index contributed by atoms with van der Waals surface area (Å²) in [6.45, 7) is -0.482. The molecule has 2 amide bonds. The molecule has 0 bridgehead atoms. The summed E-state index contributed by atoms with van der Waals surface area (Å²) in [5.41, 5.74) is 0.512. The first-order valence-electron chi connectivity index (χ1n) is 6.03. The fourth-order valence-corrected chi connectivity index (χ4v) is 1.50. The van der Waals surface area contributed by atoms with E-state index in [-0.39, 0.29) is 0 Å². The summed E-state index contributed by atoms with van der Waals surface area (Å²) in [6.07, 6.45) is -1.72. The number of nitrogens with one attached hydrogen (secondary N) is 2. The monoisotopic (exact) mass is 296 g/mol. The van der Waals surface area contributed by atoms with Gasteiger partial charge in [0.05, 0.1) is 13.7 Å². The predicted octanol–water partition coefficient (Wildman–Crippen LogP) is -0.355. The van der Waals surface area contributed by atoms with Gasteiger partial charge >= 0.3 is 18.0 Å². The van der Waals surface area contributed by atoms with E-state index in [1.54, 1.807) is 30.3 Å². The summed E-state index contributed by atoms with van der Waals surface area (Å²) in [4.78, 5) is 33.7. The first kappa shape index (κ1) is 16.4. The lowest BCUT2D eigenvalue weighted by Gasteiger charge is -2.17. The summed E-state index contributed by atoms with van der Waals surface area (Å²) in [7, 11) is 1.19. The van der Waals surface area contributed by atoms with Crippen LogP contribution in [0, 0.1) is 0 Å². The van der Waals surface area contributed by atoms with Crippen LogP contribution in [-0.4, -0.2) is 47.9 Å². The largest absolute Gasteiger partial charge is 0.479 e. The van der Waals surface area contributed by atoms with Gasteiger partial charge in [-0.05, 0) is 5.56 Å². The summed E-state index contributed by atoms with van der Waals surface area (Å²) < 4.78 is 4.61. The number of carboxylic acids is 1. The number of aliphatic hydroxyl groups excluding tert-OH is 1. The van der Waals surface area contributed by atoms with Crippen LogP contribution in [0.15, 0.2) is 30.3 Å². The van der Waals surface area contributed by atoms with Crippen LogP contribution in [0.1, 0.15) is 11.6 Å². The van der Waals surface area contributed by atoms with Crippen molar-refractivity contribution in [3.05, 3.63) is 35.9 Å². The van der Waals surface area contributed by atoms with Gasteiger partial charge in [0.1, 0.15) is 0 Å². The van der Waals surface area contributed by atoms with Crippen molar-refractivity contribution < 1.29 is 29.3 Å². The Hall–Kier alpha value is -2.61. The smallest absolute Gasteiger partial charge is 0.334 e. The van der Waals surface area contributed by atoms with Crippen molar-refractivity contribution in [3.8, 4) is 0 Å². The number of esters is 1. The van der Waals surface area contributed by atoms with Gasteiger partial charge in [-0.25, -0.2) is 14.4 Å². The molecule has 0 fully saturated rings. The molecule has 0 heterocycles. The molecule has 0 aliphatic heterocycles. The molecule has 1 aromatic rings. The second kappa shape index (κ2) is 7.85. The van der Waals surface area contributed by atoms with Crippen LogP contribution in [0.5, 0.6) is 0 Å². The minimum atomic E-state index is -1.72. The third-order valence-corrected chi connectivity index (χ3v) is 2.59. The molecule has 0 aliphatic carbocycles. The fraction of sp³-hybridized carbons (Fsp3) is 0.308. The van der Waals surface area contributed by atoms with Gasteiger partial charge in [-0.3, -0.25) is 0 Å². The maximum atomic E-state index is 11.7. The van der Waals surface area contributed by atoms with Crippen molar-refractivity contribution >= 4 is 18.0 Å². The molecule has 114 valence electrons. The van der Waals surface area contributed by atoms with Crippen LogP contribution in [0.25, 0.3) is 0 Å². The number of rotatable bonds is 6. The molecule has 4 N–H and O–H groups in total. The molecule has 0 saturated heterocycles. The summed E-state index contributed by atoms with van der Waals surface area (Å²) in [5, 5.41) is 22.0. The molecule has 8 nitrogen and oxygen atoms in total. The number of methoxy groups -OCH3 is 1. The average molecular weight is 296 g/mol. The van der Waals surface area contributed by atoms with Crippen molar-refractivity contribution in [2.45, 2.75) is 12.1 Å². The zero-order valence-corrected chi connectivity index (χ0v) is 11.3. The maximum Gasteiger partial charge on any atom is 0.334 e. The van der Waals surface area contributed by atoms with E-state index >= 15 is 0 Å². The number of hydrogen-bond donors (Lipinski definition) is 4. The van der Waals surface area contributed by atoms with E-state index in [0.29, 0.717) is 5.56 Å². The van der Waals surface area contributed by atoms with Crippen LogP contribution in [-0.2, 0) is 14.3 Å². The zero-order chi connectivity index (χ0) is 15.8. The van der Waals surface area contributed by atoms with Crippen LogP contribution in [0.3, 0.4) is 0 Å². The molecule has 8 heteroatoms. The average Bonchev–Trinajstić information content (AvgIpc) is 2.50. The van der Waals surface area contributed by atoms with Gasteiger partial charge in [-0.2, -0.15) is 0 Å². The second-order valence-electron chi connectivity index (χ2n) is 4.08. The van der Waals surface area contributed by atoms with Crippen molar-refractivity contribution in [1.82, 2.24) is 10.6 Å². The lowest BCUT2D eigenvalue weighted by atomic mass is 10.1. The van der Waals surface area contributed by atoms with E-state index in [0.717, 1.165) is 0 Å². The van der Waals surface area contributed by atoms with Gasteiger partial charge < -0.3 is 25.6 Å². The molecule has 0 spiro atoms. The molecule has 2 unspecified atom stereocenters. The van der Waals surface area contributed by atoms with Gasteiger partial charge in [0.2, 0.25) is 0 Å². The number of carbonyl (C=O) groups is 3. The molecule has 1 rings (SSSR count). The standard InChI is InChI=1S/C13H16N2O6/c1-21-12(19)10(8-5-3-2-4-6-8)15-13(20)14-7-9(16)11(17)18/h2-6,9-10,16H,7H2,1H3,(H,17,18)(H2,14,15,20). The highest BCUT2D eigenvalue weighted by molar-refractivity contribution is 5.85. The molecule has 0 radical (unpaired) electrons. The predicted molar refractivity (Wildman–Crippen MR) is 71.4 cm³/mol. The molecule has 0 aromatic heterocycles. The molecule has 1 aromatic carbocycles. The molecular weight excluding hydrogens is 280 g/mol. The number of benzene rings is 1. The van der Waals surface area contributed by atoms with Crippen LogP contribution in [0.4, 0.5) is 4.79 Å². The Balaban J connectivity index is 2.68. The quantitative estimate of drug-likeness (QED) is 0.532.